The van der Waals surface area contributed by atoms with Crippen LogP contribution in [0.1, 0.15) is 35.3 Å². The summed E-state index contributed by atoms with van der Waals surface area (Å²) in [6, 6.07) is 0. The van der Waals surface area contributed by atoms with Gasteiger partial charge in [0.2, 0.25) is 12.2 Å². The lowest BCUT2D eigenvalue weighted by Crippen LogP contribution is -2.15. The van der Waals surface area contributed by atoms with Gasteiger partial charge in [0.05, 0.1) is 12.5 Å². The van der Waals surface area contributed by atoms with Crippen molar-refractivity contribution in [3.8, 4) is 0 Å². The Labute approximate surface area is 75.1 Å². The minimum atomic E-state index is 0.0422. The molecule has 2 rings (SSSR count). The predicted octanol–water partition coefficient (Wildman–Crippen LogP) is 0.776. The summed E-state index contributed by atoms with van der Waals surface area (Å²) in [6.07, 6.45) is 2.55. The first-order valence-corrected chi connectivity index (χ1v) is 4.26. The molecule has 1 aliphatic rings. The van der Waals surface area contributed by atoms with Crippen LogP contribution in [0.25, 0.3) is 0 Å². The molecule has 1 atom stereocenters. The third kappa shape index (κ3) is 1.75. The van der Waals surface area contributed by atoms with Gasteiger partial charge < -0.3 is 9.15 Å². The molecule has 1 aliphatic heterocycles. The molecule has 2 heterocycles. The Morgan fingerprint density at radius 3 is 3.00 bits per heavy atom. The van der Waals surface area contributed by atoms with Gasteiger partial charge in [0, 0.05) is 6.61 Å². The Hall–Kier alpha value is -1.23. The number of aromatic nitrogens is 2. The number of hydrogen-bond donors (Lipinski definition) is 0. The zero-order valence-electron chi connectivity index (χ0n) is 7.10. The third-order valence-corrected chi connectivity index (χ3v) is 2.07. The quantitative estimate of drug-likeness (QED) is 0.632. The van der Waals surface area contributed by atoms with E-state index in [4.69, 9.17) is 9.15 Å². The van der Waals surface area contributed by atoms with Crippen molar-refractivity contribution in [1.82, 2.24) is 10.2 Å². The Bertz CT molecular complexity index is 291. The van der Waals surface area contributed by atoms with E-state index in [1.54, 1.807) is 0 Å². The molecular weight excluding hydrogens is 172 g/mol. The summed E-state index contributed by atoms with van der Waals surface area (Å²) in [5, 5.41) is 7.35. The summed E-state index contributed by atoms with van der Waals surface area (Å²) in [4.78, 5) is 10.3. The second kappa shape index (κ2) is 3.66. The van der Waals surface area contributed by atoms with E-state index in [-0.39, 0.29) is 11.8 Å². The fraction of sp³-hybridized carbons (Fsp3) is 0.625. The molecule has 1 aromatic heterocycles. The summed E-state index contributed by atoms with van der Waals surface area (Å²) in [5.74, 6) is 0.720. The Balaban J connectivity index is 2.09. The first-order valence-electron chi connectivity index (χ1n) is 4.26. The van der Waals surface area contributed by atoms with Gasteiger partial charge in [0.15, 0.2) is 0 Å². The number of hydrogen-bond acceptors (Lipinski definition) is 5. The van der Waals surface area contributed by atoms with Gasteiger partial charge in [-0.1, -0.05) is 0 Å². The van der Waals surface area contributed by atoms with Crippen molar-refractivity contribution in [2.75, 3.05) is 13.2 Å². The van der Waals surface area contributed by atoms with Crippen LogP contribution in [-0.4, -0.2) is 29.7 Å². The highest BCUT2D eigenvalue weighted by atomic mass is 16.5. The smallest absolute Gasteiger partial charge is 0.280 e. The molecule has 1 fully saturated rings. The van der Waals surface area contributed by atoms with E-state index in [9.17, 15) is 4.79 Å². The van der Waals surface area contributed by atoms with Crippen LogP contribution in [0.15, 0.2) is 4.42 Å². The van der Waals surface area contributed by atoms with Crippen molar-refractivity contribution in [1.29, 1.82) is 0 Å². The molecule has 0 aromatic carbocycles. The maximum Gasteiger partial charge on any atom is 0.280 e. The summed E-state index contributed by atoms with van der Waals surface area (Å²) < 4.78 is 10.4. The number of ether oxygens (including phenoxy) is 1. The lowest BCUT2D eigenvalue weighted by atomic mass is 10.0. The van der Waals surface area contributed by atoms with E-state index in [1.807, 2.05) is 0 Å². The molecule has 5 heteroatoms. The van der Waals surface area contributed by atoms with E-state index in [2.05, 4.69) is 10.2 Å². The average Bonchev–Trinajstić information content (AvgIpc) is 2.67. The van der Waals surface area contributed by atoms with Crippen LogP contribution in [-0.2, 0) is 4.74 Å². The van der Waals surface area contributed by atoms with E-state index in [0.29, 0.717) is 18.8 Å². The minimum absolute atomic E-state index is 0.0422. The summed E-state index contributed by atoms with van der Waals surface area (Å²) in [6.45, 7) is 1.41. The van der Waals surface area contributed by atoms with Gasteiger partial charge in [-0.3, -0.25) is 4.79 Å². The molecule has 1 aromatic rings. The standard InChI is InChI=1S/C8H10N2O3/c11-4-7-9-10-8(13-7)6-2-1-3-12-5-6/h4,6H,1-3,5H2. The monoisotopic (exact) mass is 182 g/mol. The highest BCUT2D eigenvalue weighted by Crippen LogP contribution is 2.23. The molecule has 0 N–H and O–H groups in total. The van der Waals surface area contributed by atoms with E-state index in [0.717, 1.165) is 19.4 Å². The van der Waals surface area contributed by atoms with Crippen LogP contribution in [0.5, 0.6) is 0 Å². The van der Waals surface area contributed by atoms with Crippen LogP contribution in [0, 0.1) is 0 Å². The maximum absolute atomic E-state index is 10.3. The topological polar surface area (TPSA) is 65.2 Å². The molecule has 1 saturated heterocycles. The van der Waals surface area contributed by atoms with Gasteiger partial charge in [-0.2, -0.15) is 0 Å². The van der Waals surface area contributed by atoms with Crippen LogP contribution in [0.3, 0.4) is 0 Å². The van der Waals surface area contributed by atoms with Gasteiger partial charge in [-0.15, -0.1) is 10.2 Å². The Kier molecular flexibility index (Phi) is 2.35. The number of aldehydes is 1. The molecule has 0 aliphatic carbocycles. The molecule has 1 unspecified atom stereocenters. The highest BCUT2D eigenvalue weighted by Gasteiger charge is 2.21. The molecular formula is C8H10N2O3. The largest absolute Gasteiger partial charge is 0.418 e. The minimum Gasteiger partial charge on any atom is -0.418 e. The van der Waals surface area contributed by atoms with Crippen LogP contribution >= 0.6 is 0 Å². The van der Waals surface area contributed by atoms with E-state index >= 15 is 0 Å². The van der Waals surface area contributed by atoms with Crippen molar-refractivity contribution in [3.63, 3.8) is 0 Å². The van der Waals surface area contributed by atoms with Gasteiger partial charge in [-0.05, 0) is 12.8 Å². The van der Waals surface area contributed by atoms with Crippen molar-refractivity contribution in [2.45, 2.75) is 18.8 Å². The van der Waals surface area contributed by atoms with Crippen molar-refractivity contribution >= 4 is 6.29 Å². The van der Waals surface area contributed by atoms with Crippen LogP contribution in [0.2, 0.25) is 0 Å². The number of carbonyl (C=O) groups is 1. The van der Waals surface area contributed by atoms with Gasteiger partial charge in [0.1, 0.15) is 0 Å². The van der Waals surface area contributed by atoms with Crippen LogP contribution in [0.4, 0.5) is 0 Å². The normalized spacial score (nSPS) is 22.9. The molecule has 70 valence electrons. The number of rotatable bonds is 2. The first kappa shape index (κ1) is 8.37. The van der Waals surface area contributed by atoms with Crippen molar-refractivity contribution in [2.24, 2.45) is 0 Å². The molecule has 13 heavy (non-hydrogen) atoms. The van der Waals surface area contributed by atoms with E-state index < -0.39 is 0 Å². The summed E-state index contributed by atoms with van der Waals surface area (Å²) in [5.41, 5.74) is 0. The fourth-order valence-electron chi connectivity index (χ4n) is 1.39. The fourth-order valence-corrected chi connectivity index (χ4v) is 1.39. The molecule has 0 amide bonds. The zero-order chi connectivity index (χ0) is 9.10. The molecule has 0 saturated carbocycles. The molecule has 0 spiro atoms. The summed E-state index contributed by atoms with van der Waals surface area (Å²) >= 11 is 0. The first-order chi connectivity index (χ1) is 6.40. The third-order valence-electron chi connectivity index (χ3n) is 2.07. The van der Waals surface area contributed by atoms with Crippen LogP contribution < -0.4 is 0 Å². The second-order valence-corrected chi connectivity index (χ2v) is 3.01. The Morgan fingerprint density at radius 2 is 2.38 bits per heavy atom. The molecule has 0 radical (unpaired) electrons. The highest BCUT2D eigenvalue weighted by molar-refractivity contribution is 5.66. The maximum atomic E-state index is 10.3. The zero-order valence-corrected chi connectivity index (χ0v) is 7.10. The predicted molar refractivity (Wildman–Crippen MR) is 42.5 cm³/mol. The molecule has 0 bridgehead atoms. The summed E-state index contributed by atoms with van der Waals surface area (Å²) in [7, 11) is 0. The van der Waals surface area contributed by atoms with Gasteiger partial charge >= 0.3 is 0 Å². The lowest BCUT2D eigenvalue weighted by Gasteiger charge is -2.18. The van der Waals surface area contributed by atoms with Crippen molar-refractivity contribution in [3.05, 3.63) is 11.8 Å². The lowest BCUT2D eigenvalue weighted by molar-refractivity contribution is 0.0719. The van der Waals surface area contributed by atoms with Gasteiger partial charge in [-0.25, -0.2) is 0 Å². The Morgan fingerprint density at radius 1 is 1.46 bits per heavy atom. The number of carbonyl (C=O) groups excluding carboxylic acids is 1. The number of nitrogens with zero attached hydrogens (tertiary/aromatic N) is 2. The average molecular weight is 182 g/mol. The SMILES string of the molecule is O=Cc1nnc(C2CCCOC2)o1. The molecule has 5 nitrogen and oxygen atoms in total. The second-order valence-electron chi connectivity index (χ2n) is 3.01. The van der Waals surface area contributed by atoms with Gasteiger partial charge in [0.25, 0.3) is 5.89 Å². The van der Waals surface area contributed by atoms with E-state index in [1.165, 1.54) is 0 Å². The van der Waals surface area contributed by atoms with Crippen molar-refractivity contribution < 1.29 is 13.9 Å².